The largest absolute Gasteiger partial charge is 0.361 e. The molecular weight excluding hydrogens is 401 g/mol. The van der Waals surface area contributed by atoms with Gasteiger partial charge in [-0.2, -0.15) is 5.10 Å². The SMILES string of the molecule is Cc1cccc(CN2C(=O)N(c3cnn(Cc4c(C)noc4C)c3)C(=O)C2(C)C)c1F. The Morgan fingerprint density at radius 3 is 2.55 bits per heavy atom. The number of nitrogens with zero attached hydrogens (tertiary/aromatic N) is 5. The fourth-order valence-corrected chi connectivity index (χ4v) is 3.77. The van der Waals surface area contributed by atoms with Gasteiger partial charge in [0.2, 0.25) is 0 Å². The third-order valence-electron chi connectivity index (χ3n) is 5.80. The summed E-state index contributed by atoms with van der Waals surface area (Å²) in [5, 5.41) is 8.22. The van der Waals surface area contributed by atoms with Gasteiger partial charge in [-0.25, -0.2) is 14.1 Å². The molecule has 8 nitrogen and oxygen atoms in total. The molecule has 2 aromatic heterocycles. The topological polar surface area (TPSA) is 84.5 Å². The Morgan fingerprint density at radius 2 is 1.87 bits per heavy atom. The van der Waals surface area contributed by atoms with Gasteiger partial charge in [-0.15, -0.1) is 0 Å². The van der Waals surface area contributed by atoms with E-state index in [1.54, 1.807) is 49.8 Å². The third kappa shape index (κ3) is 3.39. The van der Waals surface area contributed by atoms with Crippen LogP contribution in [0, 0.1) is 26.6 Å². The lowest BCUT2D eigenvalue weighted by atomic mass is 10.0. The van der Waals surface area contributed by atoms with Gasteiger partial charge < -0.3 is 9.42 Å². The van der Waals surface area contributed by atoms with Crippen molar-refractivity contribution < 1.29 is 18.5 Å². The Labute approximate surface area is 179 Å². The Morgan fingerprint density at radius 1 is 1.13 bits per heavy atom. The number of imide groups is 1. The van der Waals surface area contributed by atoms with E-state index in [9.17, 15) is 14.0 Å². The molecule has 3 heterocycles. The van der Waals surface area contributed by atoms with Gasteiger partial charge in [0.05, 0.1) is 30.7 Å². The van der Waals surface area contributed by atoms with E-state index < -0.39 is 11.6 Å². The molecular formula is C22H24FN5O3. The van der Waals surface area contributed by atoms with Crippen molar-refractivity contribution in [2.75, 3.05) is 4.90 Å². The van der Waals surface area contributed by atoms with Crippen LogP contribution in [0.4, 0.5) is 14.9 Å². The van der Waals surface area contributed by atoms with Gasteiger partial charge in [-0.1, -0.05) is 23.4 Å². The second-order valence-corrected chi connectivity index (χ2v) is 8.32. The van der Waals surface area contributed by atoms with Gasteiger partial charge in [0.25, 0.3) is 5.91 Å². The summed E-state index contributed by atoms with van der Waals surface area (Å²) in [4.78, 5) is 28.8. The molecule has 0 saturated carbocycles. The van der Waals surface area contributed by atoms with Crippen molar-refractivity contribution in [3.05, 3.63) is 64.6 Å². The number of rotatable bonds is 5. The molecule has 0 aliphatic carbocycles. The van der Waals surface area contributed by atoms with Crippen LogP contribution in [-0.2, 0) is 17.9 Å². The number of halogens is 1. The fourth-order valence-electron chi connectivity index (χ4n) is 3.77. The zero-order chi connectivity index (χ0) is 22.5. The number of anilines is 1. The summed E-state index contributed by atoms with van der Waals surface area (Å²) >= 11 is 0. The van der Waals surface area contributed by atoms with Crippen LogP contribution in [0.25, 0.3) is 0 Å². The Balaban J connectivity index is 1.61. The van der Waals surface area contributed by atoms with E-state index >= 15 is 0 Å². The number of benzene rings is 1. The molecule has 162 valence electrons. The Kier molecular flexibility index (Phi) is 4.91. The fraction of sp³-hybridized carbons (Fsp3) is 0.364. The highest BCUT2D eigenvalue weighted by molar-refractivity contribution is 6.22. The average Bonchev–Trinajstić information content (AvgIpc) is 3.34. The second-order valence-electron chi connectivity index (χ2n) is 8.32. The van der Waals surface area contributed by atoms with E-state index in [0.29, 0.717) is 29.1 Å². The summed E-state index contributed by atoms with van der Waals surface area (Å²) < 4.78 is 21.3. The van der Waals surface area contributed by atoms with E-state index in [1.807, 2.05) is 13.8 Å². The molecule has 1 saturated heterocycles. The van der Waals surface area contributed by atoms with Crippen molar-refractivity contribution in [2.45, 2.75) is 53.2 Å². The van der Waals surface area contributed by atoms with Crippen LogP contribution in [0.1, 0.15) is 42.0 Å². The van der Waals surface area contributed by atoms with Gasteiger partial charge in [0.1, 0.15) is 17.1 Å². The van der Waals surface area contributed by atoms with Crippen molar-refractivity contribution in [3.8, 4) is 0 Å². The summed E-state index contributed by atoms with van der Waals surface area (Å²) in [7, 11) is 0. The van der Waals surface area contributed by atoms with E-state index in [-0.39, 0.29) is 18.3 Å². The third-order valence-corrected chi connectivity index (χ3v) is 5.80. The van der Waals surface area contributed by atoms with Crippen molar-refractivity contribution in [1.82, 2.24) is 19.8 Å². The Hall–Kier alpha value is -3.49. The number of carbonyl (C=O) groups is 2. The van der Waals surface area contributed by atoms with Crippen LogP contribution in [0.15, 0.2) is 35.1 Å². The first kappa shape index (κ1) is 20.8. The van der Waals surface area contributed by atoms with E-state index in [4.69, 9.17) is 4.52 Å². The Bertz CT molecular complexity index is 1160. The molecule has 3 aromatic rings. The predicted octanol–water partition coefficient (Wildman–Crippen LogP) is 3.73. The minimum atomic E-state index is -1.13. The highest BCUT2D eigenvalue weighted by Crippen LogP contribution is 2.33. The molecule has 1 aliphatic heterocycles. The van der Waals surface area contributed by atoms with Crippen molar-refractivity contribution >= 4 is 17.6 Å². The minimum Gasteiger partial charge on any atom is -0.361 e. The summed E-state index contributed by atoms with van der Waals surface area (Å²) in [6.45, 7) is 9.05. The molecule has 0 unspecified atom stereocenters. The summed E-state index contributed by atoms with van der Waals surface area (Å²) in [6, 6.07) is 4.52. The van der Waals surface area contributed by atoms with Crippen LogP contribution >= 0.6 is 0 Å². The summed E-state index contributed by atoms with van der Waals surface area (Å²) in [5.74, 6) is -0.0675. The summed E-state index contributed by atoms with van der Waals surface area (Å²) in [6.07, 6.45) is 3.11. The summed E-state index contributed by atoms with van der Waals surface area (Å²) in [5.41, 5.74) is 1.75. The predicted molar refractivity (Wildman–Crippen MR) is 111 cm³/mol. The highest BCUT2D eigenvalue weighted by Gasteiger charge is 2.52. The zero-order valence-corrected chi connectivity index (χ0v) is 18.1. The molecule has 0 atom stereocenters. The van der Waals surface area contributed by atoms with Gasteiger partial charge >= 0.3 is 6.03 Å². The number of urea groups is 1. The van der Waals surface area contributed by atoms with Crippen molar-refractivity contribution in [1.29, 1.82) is 0 Å². The van der Waals surface area contributed by atoms with Crippen molar-refractivity contribution in [3.63, 3.8) is 0 Å². The molecule has 4 rings (SSSR count). The minimum absolute atomic E-state index is 0.00516. The first-order chi connectivity index (χ1) is 14.6. The second kappa shape index (κ2) is 7.33. The lowest BCUT2D eigenvalue weighted by molar-refractivity contribution is -0.123. The molecule has 1 aliphatic rings. The number of hydrogen-bond acceptors (Lipinski definition) is 5. The smallest absolute Gasteiger partial charge is 0.332 e. The number of carbonyl (C=O) groups excluding carboxylic acids is 2. The molecule has 0 spiro atoms. The van der Waals surface area contributed by atoms with Crippen LogP contribution in [0.3, 0.4) is 0 Å². The molecule has 1 fully saturated rings. The van der Waals surface area contributed by atoms with Crippen LogP contribution in [0.2, 0.25) is 0 Å². The molecule has 1 aromatic carbocycles. The maximum absolute atomic E-state index is 14.5. The maximum Gasteiger partial charge on any atom is 0.332 e. The van der Waals surface area contributed by atoms with Crippen LogP contribution < -0.4 is 4.90 Å². The molecule has 0 bridgehead atoms. The van der Waals surface area contributed by atoms with Gasteiger partial charge in [-0.05, 0) is 40.2 Å². The van der Waals surface area contributed by atoms with Crippen LogP contribution in [0.5, 0.6) is 0 Å². The van der Waals surface area contributed by atoms with Gasteiger partial charge in [0, 0.05) is 17.3 Å². The first-order valence-electron chi connectivity index (χ1n) is 9.95. The zero-order valence-electron chi connectivity index (χ0n) is 18.1. The number of aromatic nitrogens is 3. The van der Waals surface area contributed by atoms with E-state index in [1.165, 1.54) is 11.1 Å². The lowest BCUT2D eigenvalue weighted by Gasteiger charge is -2.28. The first-order valence-corrected chi connectivity index (χ1v) is 9.95. The average molecular weight is 425 g/mol. The number of aryl methyl sites for hydroxylation is 3. The lowest BCUT2D eigenvalue weighted by Crippen LogP contribution is -2.43. The van der Waals surface area contributed by atoms with Gasteiger partial charge in [-0.3, -0.25) is 9.48 Å². The normalized spacial score (nSPS) is 15.9. The van der Waals surface area contributed by atoms with E-state index in [2.05, 4.69) is 10.3 Å². The maximum atomic E-state index is 14.5. The molecule has 0 N–H and O–H groups in total. The highest BCUT2D eigenvalue weighted by atomic mass is 19.1. The number of amides is 3. The molecule has 9 heteroatoms. The van der Waals surface area contributed by atoms with Crippen molar-refractivity contribution in [2.24, 2.45) is 0 Å². The van der Waals surface area contributed by atoms with Gasteiger partial charge in [0.15, 0.2) is 0 Å². The van der Waals surface area contributed by atoms with Crippen LogP contribution in [-0.4, -0.2) is 37.3 Å². The molecule has 3 amide bonds. The number of hydrogen-bond donors (Lipinski definition) is 0. The monoisotopic (exact) mass is 425 g/mol. The molecule has 31 heavy (non-hydrogen) atoms. The molecule has 0 radical (unpaired) electrons. The quantitative estimate of drug-likeness (QED) is 0.582. The standard InChI is InChI=1S/C22H24FN5O3/c1-13-7-6-8-16(19(13)23)10-27-21(30)28(20(29)22(27,4)5)17-9-24-26(11-17)12-18-14(2)25-31-15(18)3/h6-9,11H,10,12H2,1-5H3. The van der Waals surface area contributed by atoms with E-state index in [0.717, 1.165) is 16.2 Å².